The lowest BCUT2D eigenvalue weighted by atomic mass is 10.2. The van der Waals surface area contributed by atoms with Gasteiger partial charge in [-0.15, -0.1) is 0 Å². The first-order valence-corrected chi connectivity index (χ1v) is 12.2. The Kier molecular flexibility index (Phi) is 7.32. The zero-order valence-electron chi connectivity index (χ0n) is 17.9. The molecule has 33 heavy (non-hydrogen) atoms. The van der Waals surface area contributed by atoms with Crippen LogP contribution in [0.15, 0.2) is 79.5 Å². The highest BCUT2D eigenvalue weighted by Crippen LogP contribution is 2.26. The number of nitrogens with zero attached hydrogens (tertiary/aromatic N) is 3. The summed E-state index contributed by atoms with van der Waals surface area (Å²) in [5, 5.41) is 5.41. The van der Waals surface area contributed by atoms with E-state index in [9.17, 15) is 4.79 Å². The number of benzene rings is 3. The van der Waals surface area contributed by atoms with E-state index >= 15 is 0 Å². The Morgan fingerprint density at radius 1 is 1.06 bits per heavy atom. The van der Waals surface area contributed by atoms with E-state index in [1.165, 1.54) is 4.68 Å². The van der Waals surface area contributed by atoms with E-state index in [1.807, 2.05) is 56.3 Å². The molecule has 0 spiro atoms. The summed E-state index contributed by atoms with van der Waals surface area (Å²) in [5.41, 5.74) is 2.21. The Morgan fingerprint density at radius 2 is 1.79 bits per heavy atom. The molecule has 0 radical (unpaired) electrons. The van der Waals surface area contributed by atoms with Gasteiger partial charge in [0, 0.05) is 14.9 Å². The van der Waals surface area contributed by atoms with Crippen LogP contribution in [0, 0.1) is 0 Å². The highest BCUT2D eigenvalue weighted by Gasteiger charge is 2.14. The number of fused-ring (bicyclic) bond motifs is 1. The smallest absolute Gasteiger partial charge is 0.282 e. The van der Waals surface area contributed by atoms with Crippen LogP contribution in [0.5, 0.6) is 5.75 Å². The average Bonchev–Trinajstić information content (AvgIpc) is 2.79. The van der Waals surface area contributed by atoms with E-state index in [1.54, 1.807) is 24.4 Å². The van der Waals surface area contributed by atoms with Crippen LogP contribution in [0.25, 0.3) is 10.9 Å². The topological polar surface area (TPSA) is 56.5 Å². The Morgan fingerprint density at radius 3 is 2.48 bits per heavy atom. The van der Waals surface area contributed by atoms with E-state index in [0.29, 0.717) is 34.1 Å². The molecule has 0 saturated carbocycles. The van der Waals surface area contributed by atoms with E-state index in [0.717, 1.165) is 20.1 Å². The summed E-state index contributed by atoms with van der Waals surface area (Å²) in [6.45, 7) is 4.37. The molecule has 4 aromatic rings. The molecule has 8 heteroatoms. The predicted octanol–water partition coefficient (Wildman–Crippen LogP) is 7.16. The Balaban J connectivity index is 1.60. The van der Waals surface area contributed by atoms with Gasteiger partial charge in [-0.2, -0.15) is 9.78 Å². The Hall–Kier alpha value is -2.48. The zero-order valence-corrected chi connectivity index (χ0v) is 21.9. The molecule has 0 unspecified atom stereocenters. The first-order valence-electron chi connectivity index (χ1n) is 10.2. The third-order valence-electron chi connectivity index (χ3n) is 4.94. The SMILES string of the molecule is CC(C)c1nc2ccc(Br)cc2c(=O)n1N=Cc1ccc(OCc2ccc(Br)cc2)c(Cl)c1. The molecule has 1 heterocycles. The van der Waals surface area contributed by atoms with Crippen LogP contribution in [0.3, 0.4) is 0 Å². The average molecular weight is 590 g/mol. The van der Waals surface area contributed by atoms with Gasteiger partial charge >= 0.3 is 0 Å². The molecule has 3 aromatic carbocycles. The summed E-state index contributed by atoms with van der Waals surface area (Å²) in [7, 11) is 0. The minimum absolute atomic E-state index is 0.0147. The normalized spacial score (nSPS) is 11.6. The molecule has 1 aromatic heterocycles. The van der Waals surface area contributed by atoms with Crippen molar-refractivity contribution in [2.75, 3.05) is 0 Å². The minimum Gasteiger partial charge on any atom is -0.487 e. The van der Waals surface area contributed by atoms with Gasteiger partial charge in [0.25, 0.3) is 5.56 Å². The van der Waals surface area contributed by atoms with Gasteiger partial charge in [0.15, 0.2) is 0 Å². The molecule has 0 atom stereocenters. The van der Waals surface area contributed by atoms with Gasteiger partial charge in [0.1, 0.15) is 18.2 Å². The first kappa shape index (κ1) is 23.7. The molecule has 0 aliphatic carbocycles. The molecule has 168 valence electrons. The molecule has 0 aliphatic heterocycles. The maximum Gasteiger partial charge on any atom is 0.282 e. The van der Waals surface area contributed by atoms with E-state index in [-0.39, 0.29) is 11.5 Å². The van der Waals surface area contributed by atoms with Gasteiger partial charge in [-0.05, 0) is 59.7 Å². The molecule has 0 saturated heterocycles. The van der Waals surface area contributed by atoms with Crippen LogP contribution >= 0.6 is 43.5 Å². The molecule has 0 fully saturated rings. The van der Waals surface area contributed by atoms with Crippen molar-refractivity contribution in [3.05, 3.63) is 102 Å². The van der Waals surface area contributed by atoms with Gasteiger partial charge in [0.2, 0.25) is 0 Å². The highest BCUT2D eigenvalue weighted by atomic mass is 79.9. The number of halogens is 3. The molecule has 0 bridgehead atoms. The second-order valence-electron chi connectivity index (χ2n) is 7.75. The summed E-state index contributed by atoms with van der Waals surface area (Å²) < 4.78 is 9.03. The van der Waals surface area contributed by atoms with Crippen molar-refractivity contribution >= 4 is 60.6 Å². The quantitative estimate of drug-likeness (QED) is 0.224. The maximum absolute atomic E-state index is 13.1. The predicted molar refractivity (Wildman–Crippen MR) is 141 cm³/mol. The van der Waals surface area contributed by atoms with Crippen LogP contribution in [0.4, 0.5) is 0 Å². The number of aromatic nitrogens is 2. The van der Waals surface area contributed by atoms with Crippen molar-refractivity contribution in [3.63, 3.8) is 0 Å². The minimum atomic E-state index is -0.221. The molecule has 0 N–H and O–H groups in total. The number of rotatable bonds is 6. The standard InChI is InChI=1S/C25H20Br2ClN3O2/c1-15(2)24-30-22-9-8-19(27)12-20(22)25(32)31(24)29-13-17-5-10-23(21(28)11-17)33-14-16-3-6-18(26)7-4-16/h3-13,15H,14H2,1-2H3. The number of ether oxygens (including phenoxy) is 1. The Bertz CT molecular complexity index is 1400. The van der Waals surface area contributed by atoms with Crippen molar-refractivity contribution in [3.8, 4) is 5.75 Å². The fourth-order valence-corrected chi connectivity index (χ4v) is 4.10. The van der Waals surface area contributed by atoms with Gasteiger partial charge in [-0.3, -0.25) is 4.79 Å². The largest absolute Gasteiger partial charge is 0.487 e. The maximum atomic E-state index is 13.1. The third-order valence-corrected chi connectivity index (χ3v) is 6.25. The summed E-state index contributed by atoms with van der Waals surface area (Å²) in [4.78, 5) is 17.8. The summed E-state index contributed by atoms with van der Waals surface area (Å²) in [6, 6.07) is 18.8. The molecular formula is C25H20Br2ClN3O2. The van der Waals surface area contributed by atoms with Crippen molar-refractivity contribution in [2.45, 2.75) is 26.4 Å². The van der Waals surface area contributed by atoms with Gasteiger partial charge in [-0.25, -0.2) is 4.98 Å². The fraction of sp³-hybridized carbons (Fsp3) is 0.160. The van der Waals surface area contributed by atoms with Gasteiger partial charge in [-0.1, -0.05) is 69.4 Å². The van der Waals surface area contributed by atoms with Gasteiger partial charge < -0.3 is 4.74 Å². The lowest BCUT2D eigenvalue weighted by Gasteiger charge is -2.12. The molecule has 0 amide bonds. The third kappa shape index (κ3) is 5.54. The zero-order chi connectivity index (χ0) is 23.5. The lowest BCUT2D eigenvalue weighted by Crippen LogP contribution is -2.23. The van der Waals surface area contributed by atoms with Crippen LogP contribution in [0.1, 0.15) is 36.7 Å². The highest BCUT2D eigenvalue weighted by molar-refractivity contribution is 9.10. The Labute approximate surface area is 213 Å². The molecule has 5 nitrogen and oxygen atoms in total. The van der Waals surface area contributed by atoms with Crippen molar-refractivity contribution < 1.29 is 4.74 Å². The second kappa shape index (κ2) is 10.2. The van der Waals surface area contributed by atoms with E-state index < -0.39 is 0 Å². The van der Waals surface area contributed by atoms with Crippen molar-refractivity contribution in [2.24, 2.45) is 5.10 Å². The van der Waals surface area contributed by atoms with E-state index in [2.05, 4.69) is 41.9 Å². The van der Waals surface area contributed by atoms with Crippen molar-refractivity contribution in [1.82, 2.24) is 9.66 Å². The van der Waals surface area contributed by atoms with Crippen LogP contribution in [-0.4, -0.2) is 15.9 Å². The van der Waals surface area contributed by atoms with Crippen LogP contribution in [-0.2, 0) is 6.61 Å². The van der Waals surface area contributed by atoms with Crippen LogP contribution in [0.2, 0.25) is 5.02 Å². The lowest BCUT2D eigenvalue weighted by molar-refractivity contribution is 0.306. The molecular weight excluding hydrogens is 570 g/mol. The summed E-state index contributed by atoms with van der Waals surface area (Å²) in [6.07, 6.45) is 1.60. The molecule has 0 aliphatic rings. The van der Waals surface area contributed by atoms with Crippen LogP contribution < -0.4 is 10.3 Å². The first-order chi connectivity index (χ1) is 15.8. The van der Waals surface area contributed by atoms with Gasteiger partial charge in [0.05, 0.1) is 22.1 Å². The second-order valence-corrected chi connectivity index (χ2v) is 9.99. The number of hydrogen-bond acceptors (Lipinski definition) is 4. The number of hydrogen-bond donors (Lipinski definition) is 0. The van der Waals surface area contributed by atoms with E-state index in [4.69, 9.17) is 16.3 Å². The monoisotopic (exact) mass is 587 g/mol. The summed E-state index contributed by atoms with van der Waals surface area (Å²) >= 11 is 13.3. The summed E-state index contributed by atoms with van der Waals surface area (Å²) in [5.74, 6) is 1.18. The fourth-order valence-electron chi connectivity index (χ4n) is 3.23. The van der Waals surface area contributed by atoms with Crippen molar-refractivity contribution in [1.29, 1.82) is 0 Å². The molecule has 4 rings (SSSR count).